The number of hydrogen-bond donors (Lipinski definition) is 1. The van der Waals surface area contributed by atoms with E-state index < -0.39 is 0 Å². The Balaban J connectivity index is 0. The molecule has 3 nitrogen and oxygen atoms in total. The minimum Gasteiger partial charge on any atom is -0.355 e. The highest BCUT2D eigenvalue weighted by atomic mass is 28.1. The highest BCUT2D eigenvalue weighted by molar-refractivity contribution is 6.13. The lowest BCUT2D eigenvalue weighted by Crippen LogP contribution is -2.32. The van der Waals surface area contributed by atoms with Crippen LogP contribution >= 0.6 is 0 Å². The van der Waals surface area contributed by atoms with Gasteiger partial charge in [-0.05, 0) is 39.7 Å². The van der Waals surface area contributed by atoms with Crippen LogP contribution in [0.25, 0.3) is 0 Å². The van der Waals surface area contributed by atoms with Crippen LogP contribution in [0.5, 0.6) is 0 Å². The number of hydrogen-bond acceptors (Lipinski definition) is 3. The Morgan fingerprint density at radius 3 is 1.73 bits per heavy atom. The summed E-state index contributed by atoms with van der Waals surface area (Å²) in [5.74, 6) is 0.773. The molecule has 0 amide bonds. The predicted octanol–water partition coefficient (Wildman–Crippen LogP) is 1.09. The molecule has 0 aliphatic rings. The molecule has 0 rings (SSSR count). The molecule has 0 saturated heterocycles. The molecular weight excluding hydrogens is 206 g/mol. The number of nitrogens with two attached hydrogens (primary N) is 1. The van der Waals surface area contributed by atoms with Crippen molar-refractivity contribution >= 4 is 10.2 Å². The summed E-state index contributed by atoms with van der Waals surface area (Å²) in [5.41, 5.74) is 4.97. The number of rotatable bonds is 6. The molecule has 0 spiro atoms. The molecule has 94 valence electrons. The molecule has 0 atom stereocenters. The van der Waals surface area contributed by atoms with Crippen LogP contribution in [-0.4, -0.2) is 35.4 Å². The first kappa shape index (κ1) is 17.5. The van der Waals surface area contributed by atoms with Crippen molar-refractivity contribution in [2.45, 2.75) is 46.4 Å². The first-order valence-electron chi connectivity index (χ1n) is 5.87. The van der Waals surface area contributed by atoms with Crippen molar-refractivity contribution in [1.82, 2.24) is 0 Å². The zero-order chi connectivity index (χ0) is 12.3. The molecule has 0 aliphatic heterocycles. The third kappa shape index (κ3) is 16.8. The largest absolute Gasteiger partial charge is 0.355 e. The van der Waals surface area contributed by atoms with Gasteiger partial charge in [-0.15, -0.1) is 0 Å². The van der Waals surface area contributed by atoms with Crippen LogP contribution in [-0.2, 0) is 9.47 Å². The van der Waals surface area contributed by atoms with E-state index in [1.54, 1.807) is 0 Å². The average Bonchev–Trinajstić information content (AvgIpc) is 2.03. The van der Waals surface area contributed by atoms with Crippen molar-refractivity contribution in [3.8, 4) is 0 Å². The van der Waals surface area contributed by atoms with Crippen molar-refractivity contribution in [3.05, 3.63) is 0 Å². The molecule has 0 aliphatic carbocycles. The maximum atomic E-state index is 5.31. The molecule has 2 N–H and O–H groups in total. The predicted molar refractivity (Wildman–Crippen MR) is 70.1 cm³/mol. The van der Waals surface area contributed by atoms with Crippen LogP contribution in [0, 0.1) is 5.92 Å². The van der Waals surface area contributed by atoms with Crippen LogP contribution in [0.15, 0.2) is 0 Å². The fraction of sp³-hybridized carbons (Fsp3) is 1.00. The van der Waals surface area contributed by atoms with E-state index in [0.29, 0.717) is 0 Å². The van der Waals surface area contributed by atoms with Gasteiger partial charge in [0, 0.05) is 13.2 Å². The summed E-state index contributed by atoms with van der Waals surface area (Å²) in [7, 11) is 0.923. The quantitative estimate of drug-likeness (QED) is 0.554. The third-order valence-electron chi connectivity index (χ3n) is 1.73. The average molecular weight is 235 g/mol. The van der Waals surface area contributed by atoms with E-state index in [1.807, 2.05) is 20.8 Å². The van der Waals surface area contributed by atoms with Gasteiger partial charge in [0.25, 0.3) is 0 Å². The maximum absolute atomic E-state index is 5.31. The van der Waals surface area contributed by atoms with Gasteiger partial charge in [0.1, 0.15) is 5.41 Å². The zero-order valence-corrected chi connectivity index (χ0v) is 13.3. The minimum absolute atomic E-state index is 0.260. The normalized spacial score (nSPS) is 11.4. The van der Waals surface area contributed by atoms with Gasteiger partial charge in [-0.3, -0.25) is 0 Å². The summed E-state index contributed by atoms with van der Waals surface area (Å²) in [4.78, 5) is 0. The summed E-state index contributed by atoms with van der Waals surface area (Å²) in [6, 6.07) is 0. The van der Waals surface area contributed by atoms with E-state index in [-0.39, 0.29) is 5.41 Å². The second-order valence-corrected chi connectivity index (χ2v) is 6.05. The van der Waals surface area contributed by atoms with E-state index in [2.05, 4.69) is 13.8 Å². The topological polar surface area (TPSA) is 44.5 Å². The Hall–Kier alpha value is 0.0969. The van der Waals surface area contributed by atoms with Gasteiger partial charge in [-0.2, -0.15) is 0 Å². The van der Waals surface area contributed by atoms with Crippen molar-refractivity contribution in [2.24, 2.45) is 11.7 Å². The SMILES string of the molecule is CC(C)CCN.CCOC(C)([SiH3])OCC. The van der Waals surface area contributed by atoms with E-state index in [4.69, 9.17) is 15.2 Å². The molecule has 0 radical (unpaired) electrons. The van der Waals surface area contributed by atoms with Crippen molar-refractivity contribution in [2.75, 3.05) is 19.8 Å². The molecule has 0 heterocycles. The Labute approximate surface area is 98.1 Å². The first-order valence-corrected chi connectivity index (χ1v) is 6.87. The van der Waals surface area contributed by atoms with Crippen LogP contribution in [0.3, 0.4) is 0 Å². The van der Waals surface area contributed by atoms with Gasteiger partial charge < -0.3 is 15.2 Å². The van der Waals surface area contributed by atoms with Crippen LogP contribution in [0.2, 0.25) is 0 Å². The fourth-order valence-corrected chi connectivity index (χ4v) is 1.65. The fourth-order valence-electron chi connectivity index (χ4n) is 1.07. The maximum Gasteiger partial charge on any atom is 0.138 e. The van der Waals surface area contributed by atoms with Gasteiger partial charge in [-0.25, -0.2) is 0 Å². The van der Waals surface area contributed by atoms with Crippen LogP contribution in [0.1, 0.15) is 41.0 Å². The molecule has 15 heavy (non-hydrogen) atoms. The van der Waals surface area contributed by atoms with Crippen molar-refractivity contribution in [3.63, 3.8) is 0 Å². The minimum atomic E-state index is -0.260. The number of ether oxygens (including phenoxy) is 2. The standard InChI is InChI=1S/C6H16O2Si.C5H13N/c1-4-7-6(3,9)8-5-2;1-5(2)3-4-6/h4-5H2,1-3,9H3;5H,3-4,6H2,1-2H3. The molecule has 0 aromatic carbocycles. The van der Waals surface area contributed by atoms with Gasteiger partial charge in [0.05, 0.1) is 10.2 Å². The monoisotopic (exact) mass is 235 g/mol. The smallest absolute Gasteiger partial charge is 0.138 e. The molecule has 0 saturated carbocycles. The second-order valence-electron chi connectivity index (χ2n) is 4.24. The lowest BCUT2D eigenvalue weighted by Gasteiger charge is -2.24. The summed E-state index contributed by atoms with van der Waals surface area (Å²) in [6.07, 6.45) is 1.15. The molecule has 0 unspecified atom stereocenters. The van der Waals surface area contributed by atoms with Crippen molar-refractivity contribution < 1.29 is 9.47 Å². The molecular formula is C11H29NO2Si. The Kier molecular flexibility index (Phi) is 12.4. The van der Waals surface area contributed by atoms with E-state index in [1.165, 1.54) is 0 Å². The summed E-state index contributed by atoms with van der Waals surface area (Å²) in [5, 5.41) is 0. The van der Waals surface area contributed by atoms with Gasteiger partial charge in [0.2, 0.25) is 0 Å². The molecule has 0 aromatic rings. The molecule has 4 heteroatoms. The van der Waals surface area contributed by atoms with Gasteiger partial charge in [0.15, 0.2) is 0 Å². The lowest BCUT2D eigenvalue weighted by molar-refractivity contribution is -0.160. The summed E-state index contributed by atoms with van der Waals surface area (Å²) in [6.45, 7) is 12.6. The van der Waals surface area contributed by atoms with Crippen LogP contribution in [0.4, 0.5) is 0 Å². The van der Waals surface area contributed by atoms with Gasteiger partial charge >= 0.3 is 0 Å². The lowest BCUT2D eigenvalue weighted by atomic mass is 10.1. The summed E-state index contributed by atoms with van der Waals surface area (Å²) >= 11 is 0. The van der Waals surface area contributed by atoms with E-state index in [0.717, 1.165) is 42.3 Å². The first-order chi connectivity index (χ1) is 6.89. The summed E-state index contributed by atoms with van der Waals surface area (Å²) < 4.78 is 10.6. The molecule has 0 bridgehead atoms. The highest BCUT2D eigenvalue weighted by Gasteiger charge is 2.15. The van der Waals surface area contributed by atoms with E-state index in [9.17, 15) is 0 Å². The van der Waals surface area contributed by atoms with Crippen LogP contribution < -0.4 is 5.73 Å². The van der Waals surface area contributed by atoms with Crippen molar-refractivity contribution in [1.29, 1.82) is 0 Å². The Bertz CT molecular complexity index is 122. The zero-order valence-electron chi connectivity index (χ0n) is 11.3. The van der Waals surface area contributed by atoms with Gasteiger partial charge in [-0.1, -0.05) is 13.8 Å². The molecule has 0 fully saturated rings. The Morgan fingerprint density at radius 2 is 1.60 bits per heavy atom. The third-order valence-corrected chi connectivity index (χ3v) is 2.31. The highest BCUT2D eigenvalue weighted by Crippen LogP contribution is 2.05. The van der Waals surface area contributed by atoms with E-state index >= 15 is 0 Å². The molecule has 0 aromatic heterocycles. The Morgan fingerprint density at radius 1 is 1.20 bits per heavy atom. The second kappa shape index (κ2) is 10.6.